The van der Waals surface area contributed by atoms with Crippen LogP contribution >= 0.6 is 0 Å². The molecule has 7 heteroatoms. The summed E-state index contributed by atoms with van der Waals surface area (Å²) in [4.78, 5) is 37.8. The van der Waals surface area contributed by atoms with Crippen LogP contribution in [0, 0.1) is 0 Å². The van der Waals surface area contributed by atoms with E-state index in [1.54, 1.807) is 48.5 Å². The molecule has 0 amide bonds. The molecule has 7 nitrogen and oxygen atoms in total. The van der Waals surface area contributed by atoms with Crippen molar-refractivity contribution < 1.29 is 33.3 Å². The van der Waals surface area contributed by atoms with Crippen molar-refractivity contribution in [2.45, 2.75) is 77.4 Å². The van der Waals surface area contributed by atoms with Crippen LogP contribution in [-0.2, 0) is 18.9 Å². The Morgan fingerprint density at radius 3 is 1.39 bits per heavy atom. The lowest BCUT2D eigenvalue weighted by molar-refractivity contribution is -0.00954. The lowest BCUT2D eigenvalue weighted by atomic mass is 9.97. The van der Waals surface area contributed by atoms with Gasteiger partial charge in [0, 0.05) is 11.1 Å². The largest absolute Gasteiger partial charge is 0.509 e. The Kier molecular flexibility index (Phi) is 12.5. The van der Waals surface area contributed by atoms with Crippen LogP contribution in [0.1, 0.15) is 109 Å². The van der Waals surface area contributed by atoms with Gasteiger partial charge >= 0.3 is 18.1 Å². The third-order valence-corrected chi connectivity index (χ3v) is 6.04. The van der Waals surface area contributed by atoms with Gasteiger partial charge in [-0.1, -0.05) is 75.9 Å². The van der Waals surface area contributed by atoms with Crippen molar-refractivity contribution in [3.63, 3.8) is 0 Å². The van der Waals surface area contributed by atoms with Crippen LogP contribution in [0.25, 0.3) is 0 Å². The zero-order chi connectivity index (χ0) is 26.3. The van der Waals surface area contributed by atoms with Crippen molar-refractivity contribution >= 4 is 18.1 Å². The van der Waals surface area contributed by atoms with Crippen LogP contribution < -0.4 is 0 Å². The number of benzene rings is 2. The Labute approximate surface area is 214 Å². The van der Waals surface area contributed by atoms with E-state index in [-0.39, 0.29) is 0 Å². The normalized spacial score (nSPS) is 12.3. The van der Waals surface area contributed by atoms with Crippen LogP contribution in [0.5, 0.6) is 0 Å². The molecule has 0 fully saturated rings. The van der Waals surface area contributed by atoms with Crippen molar-refractivity contribution in [3.8, 4) is 0 Å². The van der Waals surface area contributed by atoms with Crippen molar-refractivity contribution in [2.75, 3.05) is 14.2 Å². The molecule has 2 unspecified atom stereocenters. The molecule has 0 saturated carbocycles. The quantitative estimate of drug-likeness (QED) is 0.153. The Morgan fingerprint density at radius 2 is 1.03 bits per heavy atom. The molecule has 2 atom stereocenters. The highest BCUT2D eigenvalue weighted by molar-refractivity contribution is 5.91. The van der Waals surface area contributed by atoms with Crippen molar-refractivity contribution in [3.05, 3.63) is 70.8 Å². The lowest BCUT2D eigenvalue weighted by Crippen LogP contribution is -2.20. The third-order valence-electron chi connectivity index (χ3n) is 6.04. The number of hydrogen-bond donors (Lipinski definition) is 0. The first-order chi connectivity index (χ1) is 17.5. The second kappa shape index (κ2) is 15.6. The first kappa shape index (κ1) is 28.9. The van der Waals surface area contributed by atoms with E-state index in [9.17, 15) is 14.4 Å². The van der Waals surface area contributed by atoms with E-state index in [0.29, 0.717) is 35.1 Å². The summed E-state index contributed by atoms with van der Waals surface area (Å²) in [5.41, 5.74) is 1.86. The third kappa shape index (κ3) is 8.40. The highest BCUT2D eigenvalue weighted by atomic mass is 16.7. The highest BCUT2D eigenvalue weighted by Gasteiger charge is 2.27. The molecule has 0 aliphatic rings. The molecule has 0 N–H and O–H groups in total. The van der Waals surface area contributed by atoms with Gasteiger partial charge in [-0.05, 0) is 37.8 Å². The van der Waals surface area contributed by atoms with Crippen molar-refractivity contribution in [1.29, 1.82) is 0 Å². The number of rotatable bonds is 14. The van der Waals surface area contributed by atoms with Crippen molar-refractivity contribution in [2.24, 2.45) is 0 Å². The van der Waals surface area contributed by atoms with E-state index in [1.165, 1.54) is 14.2 Å². The van der Waals surface area contributed by atoms with Crippen LogP contribution in [0.3, 0.4) is 0 Å². The van der Waals surface area contributed by atoms with E-state index >= 15 is 0 Å². The Morgan fingerprint density at radius 1 is 0.639 bits per heavy atom. The number of ether oxygens (including phenoxy) is 4. The summed E-state index contributed by atoms with van der Waals surface area (Å²) in [7, 11) is 2.64. The number of unbranched alkanes of at least 4 members (excludes halogenated alkanes) is 4. The molecule has 196 valence electrons. The maximum absolute atomic E-state index is 13.1. The Balaban J connectivity index is 2.31. The number of hydrogen-bond acceptors (Lipinski definition) is 7. The van der Waals surface area contributed by atoms with Gasteiger partial charge in [0.05, 0.1) is 25.3 Å². The van der Waals surface area contributed by atoms with Crippen LogP contribution in [0.2, 0.25) is 0 Å². The minimum absolute atomic E-state index is 0.352. The zero-order valence-electron chi connectivity index (χ0n) is 21.8. The molecule has 0 aliphatic carbocycles. The first-order valence-electron chi connectivity index (χ1n) is 12.7. The molecule has 2 rings (SSSR count). The van der Waals surface area contributed by atoms with Gasteiger partial charge in [0.25, 0.3) is 0 Å². The smallest absolute Gasteiger partial charge is 0.465 e. The van der Waals surface area contributed by atoms with E-state index < -0.39 is 30.3 Å². The summed E-state index contributed by atoms with van der Waals surface area (Å²) >= 11 is 0. The number of esters is 2. The standard InChI is InChI=1S/C29H38O7/c1-5-7-9-19-25(21-15-11-13-17-23(21)27(30)33-3)35-29(32)36-26(20-10-8-6-2)22-16-12-14-18-24(22)28(31)34-4/h11-18,25-26H,5-10,19-20H2,1-4H3. The SMILES string of the molecule is CCCCCC(OC(=O)OC(CCCCC)c1ccccc1C(=O)OC)c1ccccc1C(=O)OC. The van der Waals surface area contributed by atoms with Crippen LogP contribution in [0.15, 0.2) is 48.5 Å². The van der Waals surface area contributed by atoms with E-state index in [4.69, 9.17) is 18.9 Å². The fourth-order valence-electron chi connectivity index (χ4n) is 4.12. The predicted molar refractivity (Wildman–Crippen MR) is 137 cm³/mol. The van der Waals surface area contributed by atoms with Gasteiger partial charge in [-0.15, -0.1) is 0 Å². The second-order valence-electron chi connectivity index (χ2n) is 8.61. The Bertz CT molecular complexity index is 908. The van der Waals surface area contributed by atoms with E-state index in [2.05, 4.69) is 13.8 Å². The first-order valence-corrected chi connectivity index (χ1v) is 12.7. The van der Waals surface area contributed by atoms with Gasteiger partial charge in [-0.3, -0.25) is 0 Å². The van der Waals surface area contributed by atoms with Gasteiger partial charge in [0.2, 0.25) is 0 Å². The molecule has 0 saturated heterocycles. The van der Waals surface area contributed by atoms with E-state index in [0.717, 1.165) is 38.5 Å². The summed E-state index contributed by atoms with van der Waals surface area (Å²) in [5.74, 6) is -0.986. The summed E-state index contributed by atoms with van der Waals surface area (Å²) in [6.07, 6.45) is 4.42. The summed E-state index contributed by atoms with van der Waals surface area (Å²) in [5, 5.41) is 0. The van der Waals surface area contributed by atoms with Gasteiger partial charge < -0.3 is 18.9 Å². The summed E-state index contributed by atoms with van der Waals surface area (Å²) in [6, 6.07) is 13.9. The van der Waals surface area contributed by atoms with E-state index in [1.807, 2.05) is 0 Å². The monoisotopic (exact) mass is 498 g/mol. The molecule has 0 aromatic heterocycles. The molecule has 0 bridgehead atoms. The lowest BCUT2D eigenvalue weighted by Gasteiger charge is -2.24. The molecule has 0 radical (unpaired) electrons. The van der Waals surface area contributed by atoms with Gasteiger partial charge in [-0.25, -0.2) is 14.4 Å². The average molecular weight is 499 g/mol. The van der Waals surface area contributed by atoms with Crippen LogP contribution in [0.4, 0.5) is 4.79 Å². The fourth-order valence-corrected chi connectivity index (χ4v) is 4.12. The maximum Gasteiger partial charge on any atom is 0.509 e. The average Bonchev–Trinajstić information content (AvgIpc) is 2.91. The second-order valence-corrected chi connectivity index (χ2v) is 8.61. The van der Waals surface area contributed by atoms with Gasteiger partial charge in [-0.2, -0.15) is 0 Å². The minimum atomic E-state index is -0.850. The van der Waals surface area contributed by atoms with Gasteiger partial charge in [0.1, 0.15) is 12.2 Å². The molecule has 0 aliphatic heterocycles. The molecular formula is C29H38O7. The molecule has 0 spiro atoms. The number of carbonyl (C=O) groups excluding carboxylic acids is 3. The topological polar surface area (TPSA) is 88.1 Å². The maximum atomic E-state index is 13.1. The fraction of sp³-hybridized carbons (Fsp3) is 0.483. The molecule has 2 aromatic carbocycles. The van der Waals surface area contributed by atoms with Crippen molar-refractivity contribution in [1.82, 2.24) is 0 Å². The molecular weight excluding hydrogens is 460 g/mol. The summed E-state index contributed by atoms with van der Waals surface area (Å²) < 4.78 is 21.5. The summed E-state index contributed by atoms with van der Waals surface area (Å²) in [6.45, 7) is 4.18. The zero-order valence-corrected chi connectivity index (χ0v) is 21.8. The molecule has 36 heavy (non-hydrogen) atoms. The number of carbonyl (C=O) groups is 3. The van der Waals surface area contributed by atoms with Gasteiger partial charge in [0.15, 0.2) is 0 Å². The highest BCUT2D eigenvalue weighted by Crippen LogP contribution is 2.32. The molecule has 2 aromatic rings. The Hall–Kier alpha value is -3.35. The predicted octanol–water partition coefficient (Wildman–Crippen LogP) is 7.36. The number of methoxy groups -OCH3 is 2. The van der Waals surface area contributed by atoms with Crippen LogP contribution in [-0.4, -0.2) is 32.3 Å². The molecule has 0 heterocycles. The minimum Gasteiger partial charge on any atom is -0.465 e.